The van der Waals surface area contributed by atoms with E-state index in [0.29, 0.717) is 18.8 Å². The van der Waals surface area contributed by atoms with E-state index in [4.69, 9.17) is 9.47 Å². The summed E-state index contributed by atoms with van der Waals surface area (Å²) in [6.45, 7) is 10.4. The molecule has 6 heteroatoms. The first kappa shape index (κ1) is 27.9. The minimum Gasteiger partial charge on any atom is -0.466 e. The summed E-state index contributed by atoms with van der Waals surface area (Å²) in [4.78, 5) is 27.3. The predicted molar refractivity (Wildman–Crippen MR) is 147 cm³/mol. The van der Waals surface area contributed by atoms with Crippen LogP contribution in [0.2, 0.25) is 0 Å². The van der Waals surface area contributed by atoms with Gasteiger partial charge in [0.05, 0.1) is 13.0 Å². The van der Waals surface area contributed by atoms with Gasteiger partial charge in [-0.2, -0.15) is 0 Å². The number of carbonyl (C=O) groups excluding carboxylic acids is 2. The summed E-state index contributed by atoms with van der Waals surface area (Å²) in [7, 11) is 0. The second-order valence-electron chi connectivity index (χ2n) is 10.0. The summed E-state index contributed by atoms with van der Waals surface area (Å²) in [5.74, 6) is -0.248. The lowest BCUT2D eigenvalue weighted by atomic mass is 9.96. The van der Waals surface area contributed by atoms with Crippen LogP contribution in [-0.2, 0) is 20.8 Å². The maximum Gasteiger partial charge on any atom is 0.412 e. The number of anilines is 1. The van der Waals surface area contributed by atoms with E-state index in [1.807, 2.05) is 88.4 Å². The Kier molecular flexibility index (Phi) is 9.86. The number of ether oxygens (including phenoxy) is 2. The molecule has 0 unspecified atom stereocenters. The Hall–Kier alpha value is -3.64. The van der Waals surface area contributed by atoms with Crippen molar-refractivity contribution in [3.63, 3.8) is 0 Å². The van der Waals surface area contributed by atoms with Crippen LogP contribution in [0.15, 0.2) is 84.9 Å². The Morgan fingerprint density at radius 3 is 2.03 bits per heavy atom. The number of esters is 1. The maximum atomic E-state index is 12.8. The van der Waals surface area contributed by atoms with Crippen molar-refractivity contribution in [2.75, 3.05) is 11.9 Å². The third-order valence-corrected chi connectivity index (χ3v) is 5.99. The molecule has 37 heavy (non-hydrogen) atoms. The maximum absolute atomic E-state index is 12.8. The minimum atomic E-state index is -0.583. The lowest BCUT2D eigenvalue weighted by Crippen LogP contribution is -2.33. The van der Waals surface area contributed by atoms with Crippen molar-refractivity contribution in [3.05, 3.63) is 102 Å². The highest BCUT2D eigenvalue weighted by Crippen LogP contribution is 2.35. The van der Waals surface area contributed by atoms with Gasteiger partial charge in [-0.15, -0.1) is 0 Å². The number of rotatable bonds is 10. The van der Waals surface area contributed by atoms with Crippen LogP contribution in [0, 0.1) is 0 Å². The molecule has 0 aromatic heterocycles. The van der Waals surface area contributed by atoms with E-state index in [2.05, 4.69) is 41.4 Å². The summed E-state index contributed by atoms with van der Waals surface area (Å²) in [5.41, 5.74) is 3.32. The number of nitrogens with one attached hydrogen (secondary N) is 1. The molecule has 0 saturated carbocycles. The van der Waals surface area contributed by atoms with Gasteiger partial charge in [0.2, 0.25) is 0 Å². The molecule has 0 saturated heterocycles. The molecule has 0 spiro atoms. The van der Waals surface area contributed by atoms with Gasteiger partial charge in [0.1, 0.15) is 5.60 Å². The van der Waals surface area contributed by atoms with Crippen molar-refractivity contribution in [3.8, 4) is 0 Å². The molecule has 2 atom stereocenters. The lowest BCUT2D eigenvalue weighted by molar-refractivity contribution is -0.145. The Balaban J connectivity index is 1.95. The molecule has 6 nitrogen and oxygen atoms in total. The van der Waals surface area contributed by atoms with Crippen molar-refractivity contribution in [1.82, 2.24) is 4.90 Å². The van der Waals surface area contributed by atoms with Gasteiger partial charge in [-0.3, -0.25) is 15.0 Å². The van der Waals surface area contributed by atoms with Crippen LogP contribution in [0.25, 0.3) is 0 Å². The highest BCUT2D eigenvalue weighted by atomic mass is 16.6. The Morgan fingerprint density at radius 2 is 1.46 bits per heavy atom. The standard InChI is InChI=1S/C31H38N2O4/c1-6-36-29(34)21-28(26-17-19-27(20-18-26)32-30(35)37-31(3,4)5)33(22-24-13-9-7-10-14-24)23(2)25-15-11-8-12-16-25/h7-20,23,28H,6,21-22H2,1-5H3,(H,32,35)/t23-,28+/m0/s1. The number of hydrogen-bond donors (Lipinski definition) is 1. The molecule has 0 radical (unpaired) electrons. The molecule has 0 aliphatic heterocycles. The smallest absolute Gasteiger partial charge is 0.412 e. The first-order chi connectivity index (χ1) is 17.7. The molecule has 0 fully saturated rings. The van der Waals surface area contributed by atoms with Crippen molar-refractivity contribution >= 4 is 17.7 Å². The normalized spacial score (nSPS) is 13.0. The molecule has 196 valence electrons. The van der Waals surface area contributed by atoms with Crippen LogP contribution in [-0.4, -0.2) is 29.2 Å². The third-order valence-electron chi connectivity index (χ3n) is 5.99. The lowest BCUT2D eigenvalue weighted by Gasteiger charge is -2.37. The zero-order valence-corrected chi connectivity index (χ0v) is 22.4. The van der Waals surface area contributed by atoms with E-state index in [-0.39, 0.29) is 24.5 Å². The van der Waals surface area contributed by atoms with E-state index in [1.165, 1.54) is 0 Å². The molecule has 0 bridgehead atoms. The average Bonchev–Trinajstić information content (AvgIpc) is 2.86. The fourth-order valence-corrected chi connectivity index (χ4v) is 4.25. The largest absolute Gasteiger partial charge is 0.466 e. The van der Waals surface area contributed by atoms with Crippen LogP contribution in [0.5, 0.6) is 0 Å². The van der Waals surface area contributed by atoms with Gasteiger partial charge in [-0.1, -0.05) is 72.8 Å². The number of carbonyl (C=O) groups is 2. The van der Waals surface area contributed by atoms with Gasteiger partial charge >= 0.3 is 12.1 Å². The van der Waals surface area contributed by atoms with E-state index >= 15 is 0 Å². The zero-order chi connectivity index (χ0) is 26.8. The van der Waals surface area contributed by atoms with Crippen molar-refractivity contribution in [2.24, 2.45) is 0 Å². The molecule has 1 amide bonds. The number of amides is 1. The highest BCUT2D eigenvalue weighted by molar-refractivity contribution is 5.84. The summed E-state index contributed by atoms with van der Waals surface area (Å²) >= 11 is 0. The molecule has 1 N–H and O–H groups in total. The van der Waals surface area contributed by atoms with E-state index in [1.54, 1.807) is 0 Å². The fourth-order valence-electron chi connectivity index (χ4n) is 4.25. The van der Waals surface area contributed by atoms with Crippen LogP contribution < -0.4 is 5.32 Å². The van der Waals surface area contributed by atoms with Crippen molar-refractivity contribution in [1.29, 1.82) is 0 Å². The summed E-state index contributed by atoms with van der Waals surface area (Å²) in [6.07, 6.45) is -0.303. The molecular weight excluding hydrogens is 464 g/mol. The second kappa shape index (κ2) is 13.1. The van der Waals surface area contributed by atoms with Gasteiger partial charge in [0.25, 0.3) is 0 Å². The van der Waals surface area contributed by atoms with E-state index in [0.717, 1.165) is 16.7 Å². The van der Waals surface area contributed by atoms with E-state index < -0.39 is 11.7 Å². The Labute approximate surface area is 220 Å². The first-order valence-corrected chi connectivity index (χ1v) is 12.8. The SMILES string of the molecule is CCOC(=O)C[C@H](c1ccc(NC(=O)OC(C)(C)C)cc1)N(Cc1ccccc1)[C@@H](C)c1ccccc1. The van der Waals surface area contributed by atoms with Gasteiger partial charge in [0.15, 0.2) is 0 Å². The molecular formula is C31H38N2O4. The highest BCUT2D eigenvalue weighted by Gasteiger charge is 2.29. The van der Waals surface area contributed by atoms with E-state index in [9.17, 15) is 9.59 Å². The van der Waals surface area contributed by atoms with Crippen LogP contribution in [0.4, 0.5) is 10.5 Å². The second-order valence-corrected chi connectivity index (χ2v) is 10.0. The van der Waals surface area contributed by atoms with Crippen LogP contribution >= 0.6 is 0 Å². The quantitative estimate of drug-likeness (QED) is 0.295. The fraction of sp³-hybridized carbons (Fsp3) is 0.355. The Morgan fingerprint density at radius 1 is 0.865 bits per heavy atom. The minimum absolute atomic E-state index is 0.0281. The van der Waals surface area contributed by atoms with Crippen molar-refractivity contribution in [2.45, 2.75) is 65.3 Å². The van der Waals surface area contributed by atoms with Crippen LogP contribution in [0.1, 0.15) is 69.8 Å². The predicted octanol–water partition coefficient (Wildman–Crippen LogP) is 7.29. The summed E-state index contributed by atoms with van der Waals surface area (Å²) in [5, 5.41) is 2.78. The van der Waals surface area contributed by atoms with Crippen LogP contribution in [0.3, 0.4) is 0 Å². The first-order valence-electron chi connectivity index (χ1n) is 12.8. The third kappa shape index (κ3) is 8.76. The van der Waals surface area contributed by atoms with Gasteiger partial charge in [-0.25, -0.2) is 4.79 Å². The Bertz CT molecular complexity index is 1130. The zero-order valence-electron chi connectivity index (χ0n) is 22.4. The van der Waals surface area contributed by atoms with Crippen molar-refractivity contribution < 1.29 is 19.1 Å². The molecule has 0 heterocycles. The topological polar surface area (TPSA) is 67.9 Å². The molecule has 3 aromatic carbocycles. The summed E-state index contributed by atoms with van der Waals surface area (Å²) in [6, 6.07) is 27.9. The molecule has 0 aliphatic rings. The monoisotopic (exact) mass is 502 g/mol. The van der Waals surface area contributed by atoms with Gasteiger partial charge in [-0.05, 0) is 63.4 Å². The van der Waals surface area contributed by atoms with Gasteiger partial charge in [0, 0.05) is 24.3 Å². The molecule has 3 aromatic rings. The average molecular weight is 503 g/mol. The molecule has 0 aliphatic carbocycles. The molecule has 3 rings (SSSR count). The van der Waals surface area contributed by atoms with Gasteiger partial charge < -0.3 is 9.47 Å². The number of benzene rings is 3. The number of nitrogens with zero attached hydrogens (tertiary/aromatic N) is 1. The number of hydrogen-bond acceptors (Lipinski definition) is 5. The summed E-state index contributed by atoms with van der Waals surface area (Å²) < 4.78 is 10.7.